The Morgan fingerprint density at radius 2 is 1.45 bits per heavy atom. The van der Waals surface area contributed by atoms with E-state index in [4.69, 9.17) is 10.2 Å². The topological polar surface area (TPSA) is 198 Å². The molecule has 0 saturated carbocycles. The molecular formula is C6H11N3O11. The van der Waals surface area contributed by atoms with Crippen LogP contribution in [0.4, 0.5) is 0 Å². The van der Waals surface area contributed by atoms with Gasteiger partial charge in [0.1, 0.15) is 12.7 Å². The zero-order chi connectivity index (χ0) is 15.7. The van der Waals surface area contributed by atoms with Gasteiger partial charge in [-0.25, -0.2) is 0 Å². The highest BCUT2D eigenvalue weighted by Crippen LogP contribution is 2.13. The fourth-order valence-electron chi connectivity index (χ4n) is 1.17. The molecular weight excluding hydrogens is 290 g/mol. The summed E-state index contributed by atoms with van der Waals surface area (Å²) in [6, 6.07) is 0. The average Bonchev–Trinajstić information content (AvgIpc) is 2.32. The summed E-state index contributed by atoms with van der Waals surface area (Å²) in [5.74, 6) is 0. The minimum absolute atomic E-state index is 0.642. The van der Waals surface area contributed by atoms with Crippen LogP contribution in [0.5, 0.6) is 0 Å². The first-order valence-corrected chi connectivity index (χ1v) is 4.94. The van der Waals surface area contributed by atoms with Gasteiger partial charge in [-0.15, -0.1) is 30.3 Å². The monoisotopic (exact) mass is 301 g/mol. The third kappa shape index (κ3) is 7.77. The van der Waals surface area contributed by atoms with Crippen LogP contribution in [0, 0.1) is 30.3 Å². The molecule has 14 nitrogen and oxygen atoms in total. The Morgan fingerprint density at radius 1 is 0.950 bits per heavy atom. The van der Waals surface area contributed by atoms with E-state index in [2.05, 4.69) is 14.5 Å². The van der Waals surface area contributed by atoms with Crippen molar-refractivity contribution in [2.45, 2.75) is 24.7 Å². The number of hydrogen-bond donors (Lipinski definition) is 2. The summed E-state index contributed by atoms with van der Waals surface area (Å²) < 4.78 is 0. The van der Waals surface area contributed by atoms with Crippen LogP contribution in [0.15, 0.2) is 0 Å². The lowest BCUT2D eigenvalue weighted by molar-refractivity contribution is -0.810. The molecule has 20 heavy (non-hydrogen) atoms. The third-order valence-electron chi connectivity index (χ3n) is 1.92. The Balaban J connectivity index is 4.88. The van der Waals surface area contributed by atoms with Crippen LogP contribution in [0.2, 0.25) is 0 Å². The van der Waals surface area contributed by atoms with Crippen molar-refractivity contribution in [2.24, 2.45) is 0 Å². The zero-order valence-electron chi connectivity index (χ0n) is 9.76. The van der Waals surface area contributed by atoms with Crippen molar-refractivity contribution < 1.29 is 40.0 Å². The number of rotatable bonds is 11. The van der Waals surface area contributed by atoms with E-state index in [-0.39, 0.29) is 0 Å². The highest BCUT2D eigenvalue weighted by Gasteiger charge is 2.31. The molecule has 0 heterocycles. The standard InChI is InChI=1S/C6H11N3O11/c10-2-4(11)1-5(19-8(14)15)6(20-9(16)17)3-18-7(12)13/h4-6,10-11H,1-3H2. The van der Waals surface area contributed by atoms with Gasteiger partial charge in [-0.05, 0) is 0 Å². The number of aliphatic hydroxyl groups is 2. The van der Waals surface area contributed by atoms with Crippen molar-refractivity contribution in [3.05, 3.63) is 30.3 Å². The van der Waals surface area contributed by atoms with E-state index in [1.54, 1.807) is 0 Å². The van der Waals surface area contributed by atoms with Crippen LogP contribution < -0.4 is 0 Å². The second-order valence-corrected chi connectivity index (χ2v) is 3.33. The van der Waals surface area contributed by atoms with Crippen LogP contribution >= 0.6 is 0 Å². The van der Waals surface area contributed by atoms with E-state index in [0.717, 1.165) is 0 Å². The van der Waals surface area contributed by atoms with E-state index in [1.165, 1.54) is 0 Å². The van der Waals surface area contributed by atoms with Crippen molar-refractivity contribution in [1.82, 2.24) is 0 Å². The Hall–Kier alpha value is -2.48. The highest BCUT2D eigenvalue weighted by molar-refractivity contribution is 4.72. The summed E-state index contributed by atoms with van der Waals surface area (Å²) in [7, 11) is 0. The zero-order valence-corrected chi connectivity index (χ0v) is 9.76. The molecule has 116 valence electrons. The second-order valence-electron chi connectivity index (χ2n) is 3.33. The fourth-order valence-corrected chi connectivity index (χ4v) is 1.17. The van der Waals surface area contributed by atoms with Crippen molar-refractivity contribution in [1.29, 1.82) is 0 Å². The summed E-state index contributed by atoms with van der Waals surface area (Å²) >= 11 is 0. The molecule has 0 fully saturated rings. The maximum Gasteiger partial charge on any atom is 0.294 e. The summed E-state index contributed by atoms with van der Waals surface area (Å²) in [5, 5.41) is 44.3. The first-order chi connectivity index (χ1) is 9.26. The van der Waals surface area contributed by atoms with E-state index >= 15 is 0 Å². The molecule has 0 bridgehead atoms. The van der Waals surface area contributed by atoms with Gasteiger partial charge in [-0.1, -0.05) is 0 Å². The lowest BCUT2D eigenvalue weighted by Crippen LogP contribution is -2.41. The molecule has 14 heteroatoms. The summed E-state index contributed by atoms with van der Waals surface area (Å²) in [6.07, 6.45) is -5.75. The summed E-state index contributed by atoms with van der Waals surface area (Å²) in [6.45, 7) is -1.84. The lowest BCUT2D eigenvalue weighted by Gasteiger charge is -2.24. The van der Waals surface area contributed by atoms with Gasteiger partial charge >= 0.3 is 0 Å². The van der Waals surface area contributed by atoms with Crippen molar-refractivity contribution in [2.75, 3.05) is 13.2 Å². The molecule has 0 rings (SSSR count). The molecule has 0 aliphatic rings. The van der Waals surface area contributed by atoms with Crippen LogP contribution in [-0.4, -0.2) is 57.0 Å². The molecule has 0 radical (unpaired) electrons. The second kappa shape index (κ2) is 8.59. The molecule has 3 unspecified atom stereocenters. The average molecular weight is 301 g/mol. The van der Waals surface area contributed by atoms with Gasteiger partial charge in [0.25, 0.3) is 15.3 Å². The normalized spacial score (nSPS) is 14.7. The Bertz CT molecular complexity index is 349. The molecule has 0 aliphatic carbocycles. The van der Waals surface area contributed by atoms with E-state index in [1.807, 2.05) is 0 Å². The highest BCUT2D eigenvalue weighted by atomic mass is 17.0. The first kappa shape index (κ1) is 17.5. The van der Waals surface area contributed by atoms with Crippen molar-refractivity contribution >= 4 is 0 Å². The first-order valence-electron chi connectivity index (χ1n) is 4.94. The van der Waals surface area contributed by atoms with Gasteiger partial charge in [0.15, 0.2) is 6.10 Å². The predicted octanol–water partition coefficient (Wildman–Crippen LogP) is -1.91. The van der Waals surface area contributed by atoms with E-state index < -0.39 is 53.2 Å². The Kier molecular flexibility index (Phi) is 7.53. The van der Waals surface area contributed by atoms with Crippen molar-refractivity contribution in [3.63, 3.8) is 0 Å². The number of aliphatic hydroxyl groups excluding tert-OH is 2. The Labute approximate surface area is 109 Å². The fraction of sp³-hybridized carbons (Fsp3) is 1.00. The minimum atomic E-state index is -1.85. The third-order valence-corrected chi connectivity index (χ3v) is 1.92. The SMILES string of the molecule is O=[N+]([O-])OCC(O[N+](=O)[O-])C(CC(O)CO)O[N+](=O)[O-]. The van der Waals surface area contributed by atoms with Crippen molar-refractivity contribution in [3.8, 4) is 0 Å². The van der Waals surface area contributed by atoms with E-state index in [0.29, 0.717) is 0 Å². The van der Waals surface area contributed by atoms with Gasteiger partial charge in [0.2, 0.25) is 0 Å². The lowest BCUT2D eigenvalue weighted by atomic mass is 10.1. The minimum Gasteiger partial charge on any atom is -0.394 e. The Morgan fingerprint density at radius 3 is 1.85 bits per heavy atom. The molecule has 0 spiro atoms. The van der Waals surface area contributed by atoms with Gasteiger partial charge < -0.3 is 24.7 Å². The van der Waals surface area contributed by atoms with Gasteiger partial charge in [0.05, 0.1) is 12.7 Å². The van der Waals surface area contributed by atoms with Crippen LogP contribution in [-0.2, 0) is 14.5 Å². The molecule has 0 amide bonds. The molecule has 0 aromatic heterocycles. The molecule has 0 aliphatic heterocycles. The largest absolute Gasteiger partial charge is 0.394 e. The number of hydrogen-bond acceptors (Lipinski definition) is 11. The molecule has 0 saturated heterocycles. The molecule has 0 aromatic rings. The maximum absolute atomic E-state index is 10.2. The summed E-state index contributed by atoms with van der Waals surface area (Å²) in [4.78, 5) is 42.3. The van der Waals surface area contributed by atoms with Crippen LogP contribution in [0.25, 0.3) is 0 Å². The predicted molar refractivity (Wildman–Crippen MR) is 54.4 cm³/mol. The van der Waals surface area contributed by atoms with Gasteiger partial charge in [-0.2, -0.15) is 0 Å². The van der Waals surface area contributed by atoms with Gasteiger partial charge in [-0.3, -0.25) is 0 Å². The quantitative estimate of drug-likeness (QED) is 0.318. The van der Waals surface area contributed by atoms with Gasteiger partial charge in [0, 0.05) is 6.42 Å². The summed E-state index contributed by atoms with van der Waals surface area (Å²) in [5.41, 5.74) is 0. The maximum atomic E-state index is 10.2. The van der Waals surface area contributed by atoms with Crippen LogP contribution in [0.1, 0.15) is 6.42 Å². The number of nitrogens with zero attached hydrogens (tertiary/aromatic N) is 3. The van der Waals surface area contributed by atoms with E-state index in [9.17, 15) is 30.3 Å². The van der Waals surface area contributed by atoms with Crippen LogP contribution in [0.3, 0.4) is 0 Å². The molecule has 3 atom stereocenters. The smallest absolute Gasteiger partial charge is 0.294 e. The molecule has 2 N–H and O–H groups in total. The molecule has 0 aromatic carbocycles.